The van der Waals surface area contributed by atoms with Crippen LogP contribution in [0.15, 0.2) is 0 Å². The van der Waals surface area contributed by atoms with Crippen LogP contribution in [0.5, 0.6) is 0 Å². The van der Waals surface area contributed by atoms with Crippen molar-refractivity contribution in [2.24, 2.45) is 0 Å². The molecule has 0 spiro atoms. The first-order valence-corrected chi connectivity index (χ1v) is 13.9. The Morgan fingerprint density at radius 1 is 0.759 bits per heavy atom. The van der Waals surface area contributed by atoms with Gasteiger partial charge in [-0.15, -0.1) is 11.6 Å². The van der Waals surface area contributed by atoms with Crippen molar-refractivity contribution in [3.8, 4) is 0 Å². The highest BCUT2D eigenvalue weighted by atomic mass is 35.5. The zero-order chi connectivity index (χ0) is 21.8. The number of rotatable bonds is 20. The van der Waals surface area contributed by atoms with Gasteiger partial charge < -0.3 is 5.32 Å². The summed E-state index contributed by atoms with van der Waals surface area (Å²) in [7, 11) is -3.65. The number of amides is 2. The van der Waals surface area contributed by atoms with E-state index in [1.165, 1.54) is 89.9 Å². The van der Waals surface area contributed by atoms with E-state index in [0.29, 0.717) is 6.54 Å². The van der Waals surface area contributed by atoms with Crippen molar-refractivity contribution in [1.29, 1.82) is 0 Å². The highest BCUT2D eigenvalue weighted by Gasteiger charge is 2.16. The van der Waals surface area contributed by atoms with Gasteiger partial charge in [0.1, 0.15) is 0 Å². The van der Waals surface area contributed by atoms with Gasteiger partial charge in [-0.1, -0.05) is 103 Å². The molecule has 0 fully saturated rings. The van der Waals surface area contributed by atoms with Gasteiger partial charge in [-0.2, -0.15) is 0 Å². The number of hydrogen-bond donors (Lipinski definition) is 2. The lowest BCUT2D eigenvalue weighted by molar-refractivity contribution is 0.245. The first-order valence-electron chi connectivity index (χ1n) is 11.8. The Kier molecular flexibility index (Phi) is 19.1. The van der Waals surface area contributed by atoms with E-state index in [1.807, 2.05) is 4.72 Å². The summed E-state index contributed by atoms with van der Waals surface area (Å²) in [6.45, 7) is 4.34. The zero-order valence-electron chi connectivity index (χ0n) is 18.8. The number of alkyl halides is 1. The van der Waals surface area contributed by atoms with Crippen LogP contribution in [0, 0.1) is 0 Å². The molecule has 0 aromatic rings. The summed E-state index contributed by atoms with van der Waals surface area (Å²) >= 11 is 5.65. The minimum atomic E-state index is -3.65. The summed E-state index contributed by atoms with van der Waals surface area (Å²) in [5.41, 5.74) is 0. The molecule has 0 radical (unpaired) electrons. The zero-order valence-corrected chi connectivity index (χ0v) is 20.4. The lowest BCUT2D eigenvalue weighted by Gasteiger charge is -2.09. The fourth-order valence-corrected chi connectivity index (χ4v) is 4.94. The quantitative estimate of drug-likeness (QED) is 0.163. The van der Waals surface area contributed by atoms with Gasteiger partial charge in [-0.05, 0) is 13.3 Å². The van der Waals surface area contributed by atoms with Crippen LogP contribution in [0.3, 0.4) is 0 Å². The Hall–Kier alpha value is -0.490. The maximum absolute atomic E-state index is 11.6. The van der Waals surface area contributed by atoms with Crippen LogP contribution in [0.1, 0.15) is 117 Å². The molecule has 1 unspecified atom stereocenters. The van der Waals surface area contributed by atoms with E-state index in [1.54, 1.807) is 6.92 Å². The van der Waals surface area contributed by atoms with Crippen molar-refractivity contribution < 1.29 is 13.2 Å². The third-order valence-electron chi connectivity index (χ3n) is 5.01. The molecule has 174 valence electrons. The van der Waals surface area contributed by atoms with Crippen molar-refractivity contribution >= 4 is 27.7 Å². The third kappa shape index (κ3) is 22.0. The molecule has 0 heterocycles. The predicted octanol–water partition coefficient (Wildman–Crippen LogP) is 6.50. The maximum Gasteiger partial charge on any atom is 0.328 e. The number of hydrogen-bond acceptors (Lipinski definition) is 3. The molecule has 0 aliphatic rings. The minimum absolute atomic E-state index is 0.263. The SMILES string of the molecule is CCCCCCCCCCCCCCCCCCNC(=O)NS(=O)(=O)CC(C)Cl. The summed E-state index contributed by atoms with van der Waals surface area (Å²) in [4.78, 5) is 11.6. The summed E-state index contributed by atoms with van der Waals surface area (Å²) in [5.74, 6) is -0.263. The average molecular weight is 453 g/mol. The number of halogens is 1. The topological polar surface area (TPSA) is 75.3 Å². The molecule has 0 saturated heterocycles. The predicted molar refractivity (Wildman–Crippen MR) is 125 cm³/mol. The lowest BCUT2D eigenvalue weighted by atomic mass is 10.0. The van der Waals surface area contributed by atoms with E-state index in [9.17, 15) is 13.2 Å². The van der Waals surface area contributed by atoms with Gasteiger partial charge >= 0.3 is 6.03 Å². The van der Waals surface area contributed by atoms with E-state index >= 15 is 0 Å². The summed E-state index contributed by atoms with van der Waals surface area (Å²) in [5, 5.41) is 2.06. The van der Waals surface area contributed by atoms with Gasteiger partial charge in [-0.25, -0.2) is 17.9 Å². The highest BCUT2D eigenvalue weighted by molar-refractivity contribution is 7.90. The van der Waals surface area contributed by atoms with Crippen LogP contribution in [-0.2, 0) is 10.0 Å². The number of unbranched alkanes of at least 4 members (excludes halogenated alkanes) is 15. The molecule has 7 heteroatoms. The van der Waals surface area contributed by atoms with E-state index in [2.05, 4.69) is 12.2 Å². The molecule has 0 aliphatic heterocycles. The van der Waals surface area contributed by atoms with Crippen molar-refractivity contribution in [3.63, 3.8) is 0 Å². The van der Waals surface area contributed by atoms with Gasteiger partial charge in [0, 0.05) is 11.9 Å². The Labute approximate surface area is 185 Å². The monoisotopic (exact) mass is 452 g/mol. The van der Waals surface area contributed by atoms with E-state index in [-0.39, 0.29) is 5.75 Å². The Bertz CT molecular complexity index is 484. The molecule has 2 N–H and O–H groups in total. The van der Waals surface area contributed by atoms with E-state index in [0.717, 1.165) is 12.8 Å². The van der Waals surface area contributed by atoms with Gasteiger partial charge in [0.05, 0.1) is 5.75 Å². The third-order valence-corrected chi connectivity index (χ3v) is 6.79. The molecule has 0 aromatic carbocycles. The molecule has 1 atom stereocenters. The Morgan fingerprint density at radius 2 is 1.14 bits per heavy atom. The second kappa shape index (κ2) is 19.5. The largest absolute Gasteiger partial charge is 0.337 e. The second-order valence-corrected chi connectivity index (χ2v) is 10.7. The summed E-state index contributed by atoms with van der Waals surface area (Å²) in [6.07, 6.45) is 20.9. The number of nitrogens with one attached hydrogen (secondary N) is 2. The van der Waals surface area contributed by atoms with Gasteiger partial charge in [-0.3, -0.25) is 0 Å². The van der Waals surface area contributed by atoms with Crippen molar-refractivity contribution in [1.82, 2.24) is 10.0 Å². The Morgan fingerprint density at radius 3 is 1.52 bits per heavy atom. The number of carbonyl (C=O) groups excluding carboxylic acids is 1. The van der Waals surface area contributed by atoms with E-state index in [4.69, 9.17) is 11.6 Å². The highest BCUT2D eigenvalue weighted by Crippen LogP contribution is 2.13. The molecule has 0 rings (SSSR count). The van der Waals surface area contributed by atoms with Crippen LogP contribution < -0.4 is 10.0 Å². The van der Waals surface area contributed by atoms with Crippen molar-refractivity contribution in [2.75, 3.05) is 12.3 Å². The minimum Gasteiger partial charge on any atom is -0.337 e. The molecular weight excluding hydrogens is 408 g/mol. The molecule has 2 amide bonds. The fraction of sp³-hybridized carbons (Fsp3) is 0.955. The average Bonchev–Trinajstić information content (AvgIpc) is 2.62. The van der Waals surface area contributed by atoms with E-state index < -0.39 is 21.4 Å². The number of sulfonamides is 1. The van der Waals surface area contributed by atoms with Gasteiger partial charge in [0.15, 0.2) is 0 Å². The molecular formula is C22H45ClN2O3S. The van der Waals surface area contributed by atoms with Crippen LogP contribution in [0.25, 0.3) is 0 Å². The van der Waals surface area contributed by atoms with Crippen LogP contribution in [0.2, 0.25) is 0 Å². The second-order valence-electron chi connectivity index (χ2n) is 8.22. The smallest absolute Gasteiger partial charge is 0.328 e. The van der Waals surface area contributed by atoms with Gasteiger partial charge in [0.2, 0.25) is 10.0 Å². The van der Waals surface area contributed by atoms with Crippen molar-refractivity contribution in [2.45, 2.75) is 122 Å². The first-order chi connectivity index (χ1) is 13.9. The molecule has 0 saturated carbocycles. The van der Waals surface area contributed by atoms with Crippen LogP contribution in [0.4, 0.5) is 4.79 Å². The first kappa shape index (κ1) is 28.5. The van der Waals surface area contributed by atoms with Gasteiger partial charge in [0.25, 0.3) is 0 Å². The molecule has 29 heavy (non-hydrogen) atoms. The van der Waals surface area contributed by atoms with Crippen molar-refractivity contribution in [3.05, 3.63) is 0 Å². The van der Waals surface area contributed by atoms with Crippen LogP contribution in [-0.4, -0.2) is 32.1 Å². The summed E-state index contributed by atoms with van der Waals surface area (Å²) < 4.78 is 25.1. The molecule has 0 aromatic heterocycles. The number of urea groups is 1. The summed E-state index contributed by atoms with van der Waals surface area (Å²) in [6, 6.07) is -0.664. The Balaban J connectivity index is 3.30. The molecule has 0 aliphatic carbocycles. The fourth-order valence-electron chi connectivity index (χ4n) is 3.40. The molecule has 0 bridgehead atoms. The standard InChI is InChI=1S/C22H45ClN2O3S/c1-3-4-5-6-7-8-9-10-11-12-13-14-15-16-17-18-19-24-22(26)25-29(27,28)20-21(2)23/h21H,3-20H2,1-2H3,(H2,24,25,26). The lowest BCUT2D eigenvalue weighted by Crippen LogP contribution is -2.41. The maximum atomic E-state index is 11.6. The normalized spacial score (nSPS) is 12.7. The molecule has 5 nitrogen and oxygen atoms in total. The number of carbonyl (C=O) groups is 1. The van der Waals surface area contributed by atoms with Crippen LogP contribution >= 0.6 is 11.6 Å².